The van der Waals surface area contributed by atoms with Crippen LogP contribution >= 0.6 is 0 Å². The first kappa shape index (κ1) is 19.5. The molecule has 1 aromatic carbocycles. The van der Waals surface area contributed by atoms with Crippen LogP contribution in [0.15, 0.2) is 33.6 Å². The SMILES string of the molecule is CC(=O)c1ccc(S(=O)(=O)N2CCCC(c3nnc(C(F)(F)F)o3)C2)cc1. The van der Waals surface area contributed by atoms with Gasteiger partial charge in [-0.05, 0) is 31.9 Å². The summed E-state index contributed by atoms with van der Waals surface area (Å²) in [4.78, 5) is 11.3. The van der Waals surface area contributed by atoms with Gasteiger partial charge in [-0.3, -0.25) is 4.79 Å². The maximum Gasteiger partial charge on any atom is 0.470 e. The molecule has 0 bridgehead atoms. The van der Waals surface area contributed by atoms with E-state index in [9.17, 15) is 26.4 Å². The first-order valence-electron chi connectivity index (χ1n) is 8.11. The van der Waals surface area contributed by atoms with E-state index in [1.165, 1.54) is 35.5 Å². The predicted molar refractivity (Wildman–Crippen MR) is 86.5 cm³/mol. The second kappa shape index (κ2) is 7.04. The van der Waals surface area contributed by atoms with Gasteiger partial charge >= 0.3 is 12.1 Å². The predicted octanol–water partition coefficient (Wildman–Crippen LogP) is 2.86. The molecule has 3 rings (SSSR count). The zero-order chi connectivity index (χ0) is 19.8. The number of sulfonamides is 1. The minimum absolute atomic E-state index is 0.00894. The van der Waals surface area contributed by atoms with Gasteiger partial charge in [0.25, 0.3) is 0 Å². The number of carbonyl (C=O) groups is 1. The van der Waals surface area contributed by atoms with Crippen molar-refractivity contribution in [3.63, 3.8) is 0 Å². The molecule has 11 heteroatoms. The summed E-state index contributed by atoms with van der Waals surface area (Å²) < 4.78 is 69.3. The van der Waals surface area contributed by atoms with E-state index >= 15 is 0 Å². The third-order valence-electron chi connectivity index (χ3n) is 4.32. The lowest BCUT2D eigenvalue weighted by molar-refractivity contribution is -0.157. The molecule has 1 aromatic heterocycles. The van der Waals surface area contributed by atoms with Crippen molar-refractivity contribution in [1.29, 1.82) is 0 Å². The van der Waals surface area contributed by atoms with Crippen molar-refractivity contribution in [2.24, 2.45) is 0 Å². The monoisotopic (exact) mass is 403 g/mol. The Hall–Kier alpha value is -2.27. The molecule has 2 aromatic rings. The van der Waals surface area contributed by atoms with Crippen LogP contribution in [-0.4, -0.2) is 41.8 Å². The summed E-state index contributed by atoms with van der Waals surface area (Å²) in [6, 6.07) is 5.52. The number of piperidine rings is 1. The van der Waals surface area contributed by atoms with Crippen molar-refractivity contribution in [3.8, 4) is 0 Å². The lowest BCUT2D eigenvalue weighted by atomic mass is 10.00. The van der Waals surface area contributed by atoms with Crippen molar-refractivity contribution >= 4 is 15.8 Å². The molecule has 1 atom stereocenters. The molecule has 2 heterocycles. The lowest BCUT2D eigenvalue weighted by Crippen LogP contribution is -2.39. The Morgan fingerprint density at radius 1 is 1.22 bits per heavy atom. The number of nitrogens with zero attached hydrogens (tertiary/aromatic N) is 3. The molecule has 0 N–H and O–H groups in total. The van der Waals surface area contributed by atoms with Gasteiger partial charge in [-0.25, -0.2) is 8.42 Å². The van der Waals surface area contributed by atoms with Gasteiger partial charge in [0.2, 0.25) is 15.9 Å². The zero-order valence-corrected chi connectivity index (χ0v) is 15.0. The summed E-state index contributed by atoms with van der Waals surface area (Å²) in [7, 11) is -3.86. The van der Waals surface area contributed by atoms with Gasteiger partial charge in [0, 0.05) is 18.7 Å². The van der Waals surface area contributed by atoms with Gasteiger partial charge in [0.15, 0.2) is 5.78 Å². The maximum atomic E-state index is 12.8. The number of hydrogen-bond acceptors (Lipinski definition) is 6. The Bertz CT molecular complexity index is 939. The van der Waals surface area contributed by atoms with E-state index in [2.05, 4.69) is 10.2 Å². The van der Waals surface area contributed by atoms with Gasteiger partial charge < -0.3 is 4.42 Å². The zero-order valence-electron chi connectivity index (χ0n) is 14.2. The molecule has 0 aliphatic carbocycles. The summed E-state index contributed by atoms with van der Waals surface area (Å²) in [6.45, 7) is 1.54. The highest BCUT2D eigenvalue weighted by molar-refractivity contribution is 7.89. The Balaban J connectivity index is 1.80. The van der Waals surface area contributed by atoms with Gasteiger partial charge in [0.1, 0.15) is 0 Å². The molecule has 146 valence electrons. The molecule has 7 nitrogen and oxygen atoms in total. The van der Waals surface area contributed by atoms with Crippen LogP contribution in [0.25, 0.3) is 0 Å². The topological polar surface area (TPSA) is 93.4 Å². The molecule has 1 saturated heterocycles. The standard InChI is InChI=1S/C16H16F3N3O4S/c1-10(23)11-4-6-13(7-5-11)27(24,25)22-8-2-3-12(9-22)14-20-21-15(26-14)16(17,18)19/h4-7,12H,2-3,8-9H2,1H3. The largest absolute Gasteiger partial charge is 0.470 e. The van der Waals surface area contributed by atoms with Crippen molar-refractivity contribution in [3.05, 3.63) is 41.6 Å². The third kappa shape index (κ3) is 4.03. The van der Waals surface area contributed by atoms with Crippen LogP contribution in [0.2, 0.25) is 0 Å². The van der Waals surface area contributed by atoms with Crippen molar-refractivity contribution in [2.75, 3.05) is 13.1 Å². The summed E-state index contributed by atoms with van der Waals surface area (Å²) in [5.41, 5.74) is 0.385. The highest BCUT2D eigenvalue weighted by Gasteiger charge is 2.40. The molecular formula is C16H16F3N3O4S. The van der Waals surface area contributed by atoms with Gasteiger partial charge in [-0.2, -0.15) is 17.5 Å². The number of hydrogen-bond donors (Lipinski definition) is 0. The summed E-state index contributed by atoms with van der Waals surface area (Å²) in [5, 5.41) is 6.42. The number of carbonyl (C=O) groups excluding carboxylic acids is 1. The molecule has 1 aliphatic heterocycles. The van der Waals surface area contributed by atoms with Crippen molar-refractivity contribution < 1.29 is 30.8 Å². The van der Waals surface area contributed by atoms with Crippen molar-refractivity contribution in [1.82, 2.24) is 14.5 Å². The van der Waals surface area contributed by atoms with Crippen molar-refractivity contribution in [2.45, 2.75) is 36.8 Å². The van der Waals surface area contributed by atoms with Crippen LogP contribution in [-0.2, 0) is 16.2 Å². The first-order valence-corrected chi connectivity index (χ1v) is 9.55. The van der Waals surface area contributed by atoms with Crippen LogP contribution in [0.3, 0.4) is 0 Å². The molecule has 1 fully saturated rings. The molecule has 27 heavy (non-hydrogen) atoms. The number of rotatable bonds is 4. The quantitative estimate of drug-likeness (QED) is 0.729. The Labute approximate surface area is 153 Å². The normalized spacial score (nSPS) is 19.2. The number of aromatic nitrogens is 2. The van der Waals surface area contributed by atoms with E-state index in [0.29, 0.717) is 18.4 Å². The summed E-state index contributed by atoms with van der Waals surface area (Å²) in [5.74, 6) is -2.48. The van der Waals surface area contributed by atoms with Crippen LogP contribution in [0.5, 0.6) is 0 Å². The van der Waals surface area contributed by atoms with Gasteiger partial charge in [-0.1, -0.05) is 12.1 Å². The second-order valence-electron chi connectivity index (χ2n) is 6.23. The number of ketones is 1. The molecule has 0 radical (unpaired) electrons. The number of benzene rings is 1. The molecule has 0 amide bonds. The fraction of sp³-hybridized carbons (Fsp3) is 0.438. The van der Waals surface area contributed by atoms with E-state index in [-0.39, 0.29) is 29.7 Å². The second-order valence-corrected chi connectivity index (χ2v) is 8.16. The van der Waals surface area contributed by atoms with E-state index < -0.39 is 28.0 Å². The average Bonchev–Trinajstić information content (AvgIpc) is 3.12. The lowest BCUT2D eigenvalue weighted by Gasteiger charge is -2.30. The minimum atomic E-state index is -4.75. The molecule has 1 aliphatic rings. The third-order valence-corrected chi connectivity index (χ3v) is 6.19. The van der Waals surface area contributed by atoms with E-state index in [1.807, 2.05) is 0 Å². The highest BCUT2D eigenvalue weighted by Crippen LogP contribution is 2.33. The first-order chi connectivity index (χ1) is 12.6. The van der Waals surface area contributed by atoms with Crippen LogP contribution in [0.1, 0.15) is 47.8 Å². The average molecular weight is 403 g/mol. The molecular weight excluding hydrogens is 387 g/mol. The Morgan fingerprint density at radius 3 is 2.44 bits per heavy atom. The molecule has 1 unspecified atom stereocenters. The Morgan fingerprint density at radius 2 is 1.89 bits per heavy atom. The number of Topliss-reactive ketones (excluding diaryl/α,β-unsaturated/α-hetero) is 1. The van der Waals surface area contributed by atoms with E-state index in [0.717, 1.165) is 0 Å². The van der Waals surface area contributed by atoms with Crippen LogP contribution in [0.4, 0.5) is 13.2 Å². The minimum Gasteiger partial charge on any atom is -0.417 e. The van der Waals surface area contributed by atoms with Crippen LogP contribution in [0, 0.1) is 0 Å². The summed E-state index contributed by atoms with van der Waals surface area (Å²) in [6.07, 6.45) is -3.86. The number of halogens is 3. The van der Waals surface area contributed by atoms with Crippen LogP contribution < -0.4 is 0 Å². The van der Waals surface area contributed by atoms with Gasteiger partial charge in [0.05, 0.1) is 10.8 Å². The summed E-state index contributed by atoms with van der Waals surface area (Å²) >= 11 is 0. The Kier molecular flexibility index (Phi) is 5.08. The fourth-order valence-corrected chi connectivity index (χ4v) is 4.41. The fourth-order valence-electron chi connectivity index (χ4n) is 2.89. The highest BCUT2D eigenvalue weighted by atomic mass is 32.2. The molecule has 0 spiro atoms. The van der Waals surface area contributed by atoms with E-state index in [4.69, 9.17) is 4.42 Å². The molecule has 0 saturated carbocycles. The van der Waals surface area contributed by atoms with E-state index in [1.54, 1.807) is 0 Å². The smallest absolute Gasteiger partial charge is 0.417 e. The maximum absolute atomic E-state index is 12.8. The van der Waals surface area contributed by atoms with Gasteiger partial charge in [-0.15, -0.1) is 10.2 Å². The number of alkyl halides is 3.